The minimum atomic E-state index is 0.324. The van der Waals surface area contributed by atoms with E-state index in [2.05, 4.69) is 71.6 Å². The Bertz CT molecular complexity index is 823. The number of rotatable bonds is 6. The lowest BCUT2D eigenvalue weighted by Gasteiger charge is -2.35. The third-order valence-electron chi connectivity index (χ3n) is 5.13. The third-order valence-corrected chi connectivity index (χ3v) is 5.13. The highest BCUT2D eigenvalue weighted by Crippen LogP contribution is 2.36. The molecule has 27 heavy (non-hydrogen) atoms. The molecule has 0 N–H and O–H groups in total. The van der Waals surface area contributed by atoms with Crippen molar-refractivity contribution in [3.05, 3.63) is 95.6 Å². The van der Waals surface area contributed by atoms with Gasteiger partial charge in [0, 0.05) is 19.1 Å². The number of fused-ring (bicyclic) bond motifs is 1. The molecule has 4 rings (SSSR count). The fraction of sp³-hybridized carbons (Fsp3) is 0.250. The number of methoxy groups -OCH3 is 1. The molecule has 0 fully saturated rings. The van der Waals surface area contributed by atoms with Gasteiger partial charge in [0.25, 0.3) is 0 Å². The molecule has 0 spiro atoms. The average Bonchev–Trinajstić information content (AvgIpc) is 2.74. The van der Waals surface area contributed by atoms with E-state index in [1.54, 1.807) is 7.11 Å². The van der Waals surface area contributed by atoms with Gasteiger partial charge in [0.15, 0.2) is 11.5 Å². The van der Waals surface area contributed by atoms with Crippen molar-refractivity contribution in [2.24, 2.45) is 0 Å². The van der Waals surface area contributed by atoms with Crippen LogP contribution in [0, 0.1) is 0 Å². The first kappa shape index (κ1) is 17.6. The molecule has 0 aromatic heterocycles. The van der Waals surface area contributed by atoms with Gasteiger partial charge in [-0.15, -0.1) is 0 Å². The maximum atomic E-state index is 6.15. The number of ether oxygens (including phenoxy) is 2. The van der Waals surface area contributed by atoms with Gasteiger partial charge in [0.1, 0.15) is 6.61 Å². The van der Waals surface area contributed by atoms with E-state index in [0.717, 1.165) is 31.0 Å². The lowest BCUT2D eigenvalue weighted by atomic mass is 9.99. The SMILES string of the molecule is COc1cccc2c1OC[C@H](N(Cc1ccccc1)Cc1ccccc1)C2. The normalized spacial score (nSPS) is 15.9. The summed E-state index contributed by atoms with van der Waals surface area (Å²) in [5.74, 6) is 1.72. The average molecular weight is 359 g/mol. The first-order valence-corrected chi connectivity index (χ1v) is 9.44. The molecule has 3 heteroatoms. The molecule has 0 aliphatic carbocycles. The zero-order valence-corrected chi connectivity index (χ0v) is 15.7. The molecule has 1 heterocycles. The third kappa shape index (κ3) is 4.15. The Hall–Kier alpha value is -2.78. The Kier molecular flexibility index (Phi) is 5.40. The fourth-order valence-corrected chi connectivity index (χ4v) is 3.72. The van der Waals surface area contributed by atoms with Gasteiger partial charge in [-0.25, -0.2) is 0 Å². The van der Waals surface area contributed by atoms with Crippen LogP contribution in [-0.2, 0) is 19.5 Å². The van der Waals surface area contributed by atoms with Gasteiger partial charge in [-0.1, -0.05) is 72.8 Å². The van der Waals surface area contributed by atoms with E-state index in [0.29, 0.717) is 12.6 Å². The van der Waals surface area contributed by atoms with E-state index < -0.39 is 0 Å². The van der Waals surface area contributed by atoms with E-state index in [1.165, 1.54) is 16.7 Å². The fourth-order valence-electron chi connectivity index (χ4n) is 3.72. The van der Waals surface area contributed by atoms with Crippen LogP contribution in [0.4, 0.5) is 0 Å². The summed E-state index contributed by atoms with van der Waals surface area (Å²) >= 11 is 0. The number of para-hydroxylation sites is 1. The number of hydrogen-bond acceptors (Lipinski definition) is 3. The van der Waals surface area contributed by atoms with Gasteiger partial charge in [0.05, 0.1) is 7.11 Å². The molecule has 1 atom stereocenters. The molecule has 1 aliphatic rings. The molecule has 1 aliphatic heterocycles. The van der Waals surface area contributed by atoms with Gasteiger partial charge in [-0.05, 0) is 29.2 Å². The quantitative estimate of drug-likeness (QED) is 0.637. The number of benzene rings is 3. The van der Waals surface area contributed by atoms with Crippen LogP contribution in [0.2, 0.25) is 0 Å². The van der Waals surface area contributed by atoms with Gasteiger partial charge < -0.3 is 9.47 Å². The van der Waals surface area contributed by atoms with Crippen LogP contribution in [0.5, 0.6) is 11.5 Å². The summed E-state index contributed by atoms with van der Waals surface area (Å²) < 4.78 is 11.6. The summed E-state index contributed by atoms with van der Waals surface area (Å²) in [6, 6.07) is 27.8. The van der Waals surface area contributed by atoms with E-state index in [-0.39, 0.29) is 0 Å². The molecule has 0 bridgehead atoms. The summed E-state index contributed by atoms with van der Waals surface area (Å²) in [7, 11) is 1.70. The van der Waals surface area contributed by atoms with E-state index >= 15 is 0 Å². The second-order valence-corrected chi connectivity index (χ2v) is 6.99. The molecule has 138 valence electrons. The Labute approximate surface area is 161 Å². The zero-order chi connectivity index (χ0) is 18.5. The van der Waals surface area contributed by atoms with E-state index in [9.17, 15) is 0 Å². The van der Waals surface area contributed by atoms with Crippen molar-refractivity contribution < 1.29 is 9.47 Å². The molecule has 0 radical (unpaired) electrons. The number of nitrogens with zero attached hydrogens (tertiary/aromatic N) is 1. The predicted octanol–water partition coefficient (Wildman–Crippen LogP) is 4.70. The Morgan fingerprint density at radius 3 is 2.07 bits per heavy atom. The van der Waals surface area contributed by atoms with Crippen molar-refractivity contribution in [2.45, 2.75) is 25.6 Å². The molecule has 3 aromatic carbocycles. The monoisotopic (exact) mass is 359 g/mol. The highest BCUT2D eigenvalue weighted by molar-refractivity contribution is 5.48. The van der Waals surface area contributed by atoms with Crippen LogP contribution in [-0.4, -0.2) is 24.7 Å². The van der Waals surface area contributed by atoms with Gasteiger partial charge >= 0.3 is 0 Å². The molecule has 3 nitrogen and oxygen atoms in total. The van der Waals surface area contributed by atoms with Crippen molar-refractivity contribution in [3.8, 4) is 11.5 Å². The van der Waals surface area contributed by atoms with Crippen LogP contribution < -0.4 is 9.47 Å². The van der Waals surface area contributed by atoms with Crippen molar-refractivity contribution >= 4 is 0 Å². The highest BCUT2D eigenvalue weighted by Gasteiger charge is 2.27. The molecule has 0 saturated heterocycles. The Balaban J connectivity index is 1.58. The maximum absolute atomic E-state index is 6.15. The first-order chi connectivity index (χ1) is 13.3. The second-order valence-electron chi connectivity index (χ2n) is 6.99. The van der Waals surface area contributed by atoms with Crippen molar-refractivity contribution in [3.63, 3.8) is 0 Å². The predicted molar refractivity (Wildman–Crippen MR) is 108 cm³/mol. The Morgan fingerprint density at radius 2 is 1.48 bits per heavy atom. The number of hydrogen-bond donors (Lipinski definition) is 0. The summed E-state index contributed by atoms with van der Waals surface area (Å²) in [4.78, 5) is 2.52. The van der Waals surface area contributed by atoms with Crippen molar-refractivity contribution in [1.82, 2.24) is 4.90 Å². The highest BCUT2D eigenvalue weighted by atomic mass is 16.5. The summed E-state index contributed by atoms with van der Waals surface area (Å²) in [6.45, 7) is 2.49. The molecule has 0 amide bonds. The first-order valence-electron chi connectivity index (χ1n) is 9.44. The van der Waals surface area contributed by atoms with Gasteiger partial charge in [-0.3, -0.25) is 4.90 Å². The van der Waals surface area contributed by atoms with Crippen LogP contribution in [0.25, 0.3) is 0 Å². The molecular formula is C24H25NO2. The van der Waals surface area contributed by atoms with Crippen LogP contribution in [0.1, 0.15) is 16.7 Å². The zero-order valence-electron chi connectivity index (χ0n) is 15.7. The lowest BCUT2D eigenvalue weighted by Crippen LogP contribution is -2.42. The molecular weight excluding hydrogens is 334 g/mol. The minimum Gasteiger partial charge on any atom is -0.493 e. The minimum absolute atomic E-state index is 0.324. The van der Waals surface area contributed by atoms with Gasteiger partial charge in [0.2, 0.25) is 0 Å². The van der Waals surface area contributed by atoms with Gasteiger partial charge in [-0.2, -0.15) is 0 Å². The summed E-state index contributed by atoms with van der Waals surface area (Å²) in [6.07, 6.45) is 0.964. The van der Waals surface area contributed by atoms with E-state index in [1.807, 2.05) is 12.1 Å². The lowest BCUT2D eigenvalue weighted by molar-refractivity contribution is 0.104. The Morgan fingerprint density at radius 1 is 0.852 bits per heavy atom. The second kappa shape index (κ2) is 8.28. The standard InChI is InChI=1S/C24H25NO2/c1-26-23-14-8-13-21-15-22(18-27-24(21)23)25(16-19-9-4-2-5-10-19)17-20-11-6-3-7-12-20/h2-14,22H,15-18H2,1H3/t22-/m1/s1. The molecule has 0 unspecified atom stereocenters. The van der Waals surface area contributed by atoms with Crippen molar-refractivity contribution in [2.75, 3.05) is 13.7 Å². The molecule has 0 saturated carbocycles. The topological polar surface area (TPSA) is 21.7 Å². The summed E-state index contributed by atoms with van der Waals surface area (Å²) in [5, 5.41) is 0. The van der Waals surface area contributed by atoms with Crippen LogP contribution >= 0.6 is 0 Å². The van der Waals surface area contributed by atoms with Crippen LogP contribution in [0.3, 0.4) is 0 Å². The summed E-state index contributed by atoms with van der Waals surface area (Å²) in [5.41, 5.74) is 3.87. The largest absolute Gasteiger partial charge is 0.493 e. The smallest absolute Gasteiger partial charge is 0.164 e. The maximum Gasteiger partial charge on any atom is 0.164 e. The van der Waals surface area contributed by atoms with Crippen LogP contribution in [0.15, 0.2) is 78.9 Å². The van der Waals surface area contributed by atoms with Crippen molar-refractivity contribution in [1.29, 1.82) is 0 Å². The van der Waals surface area contributed by atoms with E-state index in [4.69, 9.17) is 9.47 Å². The molecule has 3 aromatic rings.